The zero-order valence-corrected chi connectivity index (χ0v) is 12.0. The van der Waals surface area contributed by atoms with Crippen molar-refractivity contribution in [3.63, 3.8) is 0 Å². The van der Waals surface area contributed by atoms with E-state index < -0.39 is 0 Å². The summed E-state index contributed by atoms with van der Waals surface area (Å²) in [7, 11) is 1.58. The van der Waals surface area contributed by atoms with E-state index in [1.165, 1.54) is 24.2 Å². The van der Waals surface area contributed by atoms with Crippen LogP contribution in [0.5, 0.6) is 0 Å². The highest BCUT2D eigenvalue weighted by Gasteiger charge is 2.29. The second kappa shape index (κ2) is 5.49. The molecule has 0 atom stereocenters. The van der Waals surface area contributed by atoms with Crippen LogP contribution in [0.2, 0.25) is 0 Å². The summed E-state index contributed by atoms with van der Waals surface area (Å²) in [6.45, 7) is 3.80. The monoisotopic (exact) mass is 278 g/mol. The number of nitrogens with one attached hydrogen (secondary N) is 1. The van der Waals surface area contributed by atoms with Crippen molar-refractivity contribution >= 4 is 27.9 Å². The highest BCUT2D eigenvalue weighted by Crippen LogP contribution is 2.40. The lowest BCUT2D eigenvalue weighted by atomic mass is 10.2. The third-order valence-electron chi connectivity index (χ3n) is 3.33. The van der Waals surface area contributed by atoms with Crippen LogP contribution in [0.15, 0.2) is 0 Å². The molecule has 6 heteroatoms. The van der Waals surface area contributed by atoms with Crippen LogP contribution in [0, 0.1) is 17.2 Å². The maximum absolute atomic E-state index is 12.0. The number of hydrogen-bond donors (Lipinski definition) is 2. The maximum atomic E-state index is 12.0. The minimum Gasteiger partial charge on any atom is -0.396 e. The van der Waals surface area contributed by atoms with Gasteiger partial charge in [-0.1, -0.05) is 0 Å². The lowest BCUT2D eigenvalue weighted by molar-refractivity contribution is 0.0965. The number of rotatable bonds is 5. The number of nitrogens with zero attached hydrogens (tertiary/aromatic N) is 2. The molecule has 5 nitrogen and oxygen atoms in total. The number of nitriles is 1. The Hall–Kier alpha value is -1.74. The SMILES string of the molecule is CCN(CC1CC1)c1sc(C#N)c(N)c1C(=O)NC. The van der Waals surface area contributed by atoms with E-state index in [2.05, 4.69) is 23.2 Å². The predicted molar refractivity (Wildman–Crippen MR) is 77.4 cm³/mol. The van der Waals surface area contributed by atoms with Crippen molar-refractivity contribution in [1.29, 1.82) is 5.26 Å². The van der Waals surface area contributed by atoms with Crippen LogP contribution in [0.1, 0.15) is 35.0 Å². The average Bonchev–Trinajstić information content (AvgIpc) is 3.18. The van der Waals surface area contributed by atoms with Crippen LogP contribution in [0.4, 0.5) is 10.7 Å². The van der Waals surface area contributed by atoms with Gasteiger partial charge in [-0.25, -0.2) is 0 Å². The van der Waals surface area contributed by atoms with Crippen molar-refractivity contribution in [1.82, 2.24) is 5.32 Å². The Morgan fingerprint density at radius 1 is 1.63 bits per heavy atom. The zero-order valence-electron chi connectivity index (χ0n) is 11.2. The first-order valence-electron chi connectivity index (χ1n) is 6.41. The van der Waals surface area contributed by atoms with Crippen LogP contribution in [-0.2, 0) is 0 Å². The van der Waals surface area contributed by atoms with Crippen LogP contribution in [0.3, 0.4) is 0 Å². The molecule has 19 heavy (non-hydrogen) atoms. The fourth-order valence-electron chi connectivity index (χ4n) is 2.05. The van der Waals surface area contributed by atoms with E-state index in [-0.39, 0.29) is 5.91 Å². The van der Waals surface area contributed by atoms with Gasteiger partial charge in [-0.15, -0.1) is 11.3 Å². The number of hydrogen-bond acceptors (Lipinski definition) is 5. The number of nitrogen functional groups attached to an aromatic ring is 1. The Balaban J connectivity index is 2.41. The van der Waals surface area contributed by atoms with E-state index in [4.69, 9.17) is 11.0 Å². The molecule has 1 aromatic heterocycles. The van der Waals surface area contributed by atoms with Crippen molar-refractivity contribution in [2.45, 2.75) is 19.8 Å². The molecule has 0 bridgehead atoms. The number of anilines is 2. The second-order valence-electron chi connectivity index (χ2n) is 4.70. The predicted octanol–water partition coefficient (Wildman–Crippen LogP) is 1.80. The van der Waals surface area contributed by atoms with Crippen molar-refractivity contribution in [3.05, 3.63) is 10.4 Å². The molecule has 0 unspecified atom stereocenters. The first kappa shape index (κ1) is 13.7. The third kappa shape index (κ3) is 2.66. The Kier molecular flexibility index (Phi) is 3.96. The van der Waals surface area contributed by atoms with Gasteiger partial charge in [0, 0.05) is 20.1 Å². The second-order valence-corrected chi connectivity index (χ2v) is 5.70. The summed E-state index contributed by atoms with van der Waals surface area (Å²) in [6.07, 6.45) is 2.50. The number of amides is 1. The molecule has 1 fully saturated rings. The fourth-order valence-corrected chi connectivity index (χ4v) is 3.14. The number of carbonyl (C=O) groups excluding carboxylic acids is 1. The fraction of sp³-hybridized carbons (Fsp3) is 0.538. The number of thiophene rings is 1. The van der Waals surface area contributed by atoms with E-state index in [1.807, 2.05) is 0 Å². The molecule has 0 aromatic carbocycles. The largest absolute Gasteiger partial charge is 0.396 e. The van der Waals surface area contributed by atoms with E-state index in [9.17, 15) is 4.79 Å². The molecular weight excluding hydrogens is 260 g/mol. The minimum atomic E-state index is -0.223. The molecular formula is C13H18N4OS. The van der Waals surface area contributed by atoms with Crippen LogP contribution in [0.25, 0.3) is 0 Å². The molecule has 2 rings (SSSR count). The van der Waals surface area contributed by atoms with E-state index >= 15 is 0 Å². The summed E-state index contributed by atoms with van der Waals surface area (Å²) >= 11 is 1.31. The van der Waals surface area contributed by atoms with Crippen molar-refractivity contribution in [2.24, 2.45) is 5.92 Å². The molecule has 1 aromatic rings. The molecule has 1 aliphatic carbocycles. The molecule has 1 amide bonds. The quantitative estimate of drug-likeness (QED) is 0.860. The highest BCUT2D eigenvalue weighted by molar-refractivity contribution is 7.17. The smallest absolute Gasteiger partial charge is 0.256 e. The van der Waals surface area contributed by atoms with Crippen molar-refractivity contribution in [2.75, 3.05) is 30.8 Å². The van der Waals surface area contributed by atoms with Crippen LogP contribution >= 0.6 is 11.3 Å². The molecule has 1 aliphatic rings. The number of carbonyl (C=O) groups is 1. The Morgan fingerprint density at radius 3 is 2.79 bits per heavy atom. The normalized spacial score (nSPS) is 13.9. The minimum absolute atomic E-state index is 0.223. The first-order chi connectivity index (χ1) is 9.12. The molecule has 1 heterocycles. The molecule has 1 saturated carbocycles. The topological polar surface area (TPSA) is 82.2 Å². The lowest BCUT2D eigenvalue weighted by Gasteiger charge is -2.22. The molecule has 0 spiro atoms. The van der Waals surface area contributed by atoms with Gasteiger partial charge in [0.05, 0.1) is 11.3 Å². The Morgan fingerprint density at radius 2 is 2.32 bits per heavy atom. The van der Waals surface area contributed by atoms with Gasteiger partial charge < -0.3 is 16.0 Å². The highest BCUT2D eigenvalue weighted by atomic mass is 32.1. The van der Waals surface area contributed by atoms with Gasteiger partial charge >= 0.3 is 0 Å². The first-order valence-corrected chi connectivity index (χ1v) is 7.23. The van der Waals surface area contributed by atoms with Crippen LogP contribution < -0.4 is 16.0 Å². The molecule has 3 N–H and O–H groups in total. The van der Waals surface area contributed by atoms with Gasteiger partial charge in [0.2, 0.25) is 0 Å². The summed E-state index contributed by atoms with van der Waals surface area (Å²) in [6, 6.07) is 2.07. The Labute approximate surface area is 117 Å². The zero-order chi connectivity index (χ0) is 14.0. The molecule has 0 aliphatic heterocycles. The maximum Gasteiger partial charge on any atom is 0.256 e. The molecule has 0 saturated heterocycles. The van der Waals surface area contributed by atoms with E-state index in [1.54, 1.807) is 7.05 Å². The van der Waals surface area contributed by atoms with Gasteiger partial charge in [-0.3, -0.25) is 4.79 Å². The third-order valence-corrected chi connectivity index (χ3v) is 4.50. The lowest BCUT2D eigenvalue weighted by Crippen LogP contribution is -2.28. The van der Waals surface area contributed by atoms with Gasteiger partial charge in [0.15, 0.2) is 0 Å². The van der Waals surface area contributed by atoms with Crippen LogP contribution in [-0.4, -0.2) is 26.0 Å². The van der Waals surface area contributed by atoms with Gasteiger partial charge in [-0.05, 0) is 25.7 Å². The van der Waals surface area contributed by atoms with Crippen molar-refractivity contribution < 1.29 is 4.79 Å². The summed E-state index contributed by atoms with van der Waals surface area (Å²) in [5.74, 6) is 0.492. The van der Waals surface area contributed by atoms with Gasteiger partial charge in [0.25, 0.3) is 5.91 Å². The van der Waals surface area contributed by atoms with E-state index in [0.717, 1.165) is 18.1 Å². The summed E-state index contributed by atoms with van der Waals surface area (Å²) in [5, 5.41) is 12.5. The molecule has 102 valence electrons. The van der Waals surface area contributed by atoms with Gasteiger partial charge in [-0.2, -0.15) is 5.26 Å². The summed E-state index contributed by atoms with van der Waals surface area (Å²) < 4.78 is 0. The van der Waals surface area contributed by atoms with Crippen molar-refractivity contribution in [3.8, 4) is 6.07 Å². The van der Waals surface area contributed by atoms with E-state index in [0.29, 0.717) is 22.0 Å². The number of nitrogens with two attached hydrogens (primary N) is 1. The summed E-state index contributed by atoms with van der Waals surface area (Å²) in [5.41, 5.74) is 6.68. The Bertz CT molecular complexity index is 527. The standard InChI is InChI=1S/C13H18N4OS/c1-3-17(7-8-4-5-8)13-10(12(18)16-2)11(15)9(6-14)19-13/h8H,3-5,7,15H2,1-2H3,(H,16,18). The van der Waals surface area contributed by atoms with Gasteiger partial charge in [0.1, 0.15) is 15.9 Å². The summed E-state index contributed by atoms with van der Waals surface area (Å²) in [4.78, 5) is 14.6. The molecule has 0 radical (unpaired) electrons. The average molecular weight is 278 g/mol.